The van der Waals surface area contributed by atoms with Gasteiger partial charge in [-0.05, 0) is 25.3 Å². The molecule has 2 aromatic carbocycles. The predicted octanol–water partition coefficient (Wildman–Crippen LogP) is 3.87. The summed E-state index contributed by atoms with van der Waals surface area (Å²) in [5.74, 6) is -1.19. The van der Waals surface area contributed by atoms with Crippen molar-refractivity contribution in [3.63, 3.8) is 0 Å². The van der Waals surface area contributed by atoms with Gasteiger partial charge in [0.1, 0.15) is 5.82 Å². The van der Waals surface area contributed by atoms with E-state index in [0.717, 1.165) is 37.5 Å². The lowest BCUT2D eigenvalue weighted by Crippen LogP contribution is -2.40. The first-order valence-corrected chi connectivity index (χ1v) is 8.50. The molecule has 0 spiro atoms. The number of carbonyl (C=O) groups is 1. The average molecular weight is 358 g/mol. The van der Waals surface area contributed by atoms with Crippen LogP contribution >= 0.6 is 0 Å². The van der Waals surface area contributed by atoms with Crippen LogP contribution in [0, 0.1) is 15.9 Å². The lowest BCUT2D eigenvalue weighted by Gasteiger charge is -2.30. The summed E-state index contributed by atoms with van der Waals surface area (Å²) < 4.78 is 19.3. The third-order valence-electron chi connectivity index (χ3n) is 4.36. The van der Waals surface area contributed by atoms with E-state index in [1.54, 1.807) is 35.2 Å². The molecule has 0 aliphatic carbocycles. The monoisotopic (exact) mass is 358 g/mol. The largest absolute Gasteiger partial charge is 0.468 e. The van der Waals surface area contributed by atoms with Crippen LogP contribution < -0.4 is 4.74 Å². The Labute approximate surface area is 150 Å². The normalized spacial score (nSPS) is 15.3. The van der Waals surface area contributed by atoms with E-state index in [0.29, 0.717) is 18.7 Å². The van der Waals surface area contributed by atoms with Crippen LogP contribution in [0.25, 0.3) is 0 Å². The molecule has 0 saturated carbocycles. The summed E-state index contributed by atoms with van der Waals surface area (Å²) in [6.07, 6.45) is 1.83. The highest BCUT2D eigenvalue weighted by Crippen LogP contribution is 2.33. The van der Waals surface area contributed by atoms with Crippen LogP contribution in [-0.4, -0.2) is 28.8 Å². The minimum atomic E-state index is -1.06. The maximum absolute atomic E-state index is 13.6. The fourth-order valence-electron chi connectivity index (χ4n) is 3.03. The van der Waals surface area contributed by atoms with Crippen molar-refractivity contribution in [2.24, 2.45) is 0 Å². The summed E-state index contributed by atoms with van der Waals surface area (Å²) in [7, 11) is 0. The molecule has 1 atom stereocenters. The number of piperidine rings is 1. The molecule has 0 radical (unpaired) electrons. The molecule has 26 heavy (non-hydrogen) atoms. The summed E-state index contributed by atoms with van der Waals surface area (Å²) in [5.41, 5.74) is 0.195. The van der Waals surface area contributed by atoms with Crippen LogP contribution in [0.5, 0.6) is 5.75 Å². The second-order valence-electron chi connectivity index (χ2n) is 6.16. The SMILES string of the molecule is O=C([C@H](Oc1cc(F)ccc1[N+](=O)[O-])c1ccccc1)N1CCCCC1. The van der Waals surface area contributed by atoms with Gasteiger partial charge in [0, 0.05) is 30.8 Å². The van der Waals surface area contributed by atoms with E-state index in [1.807, 2.05) is 0 Å². The molecule has 1 aliphatic heterocycles. The van der Waals surface area contributed by atoms with Crippen LogP contribution in [0.2, 0.25) is 0 Å². The van der Waals surface area contributed by atoms with Gasteiger partial charge in [0.15, 0.2) is 0 Å². The number of nitro groups is 1. The molecule has 6 nitrogen and oxygen atoms in total. The van der Waals surface area contributed by atoms with Gasteiger partial charge in [-0.25, -0.2) is 4.39 Å². The molecule has 1 fully saturated rings. The summed E-state index contributed by atoms with van der Waals surface area (Å²) in [5, 5.41) is 11.2. The summed E-state index contributed by atoms with van der Waals surface area (Å²) in [6, 6.07) is 11.7. The standard InChI is InChI=1S/C19H19FN2O4/c20-15-9-10-16(22(24)25)17(13-15)26-18(14-7-3-1-4-8-14)19(23)21-11-5-2-6-12-21/h1,3-4,7-10,13,18H,2,5-6,11-12H2/t18-/m1/s1. The molecule has 0 bridgehead atoms. The van der Waals surface area contributed by atoms with E-state index in [9.17, 15) is 19.3 Å². The van der Waals surface area contributed by atoms with Crippen molar-refractivity contribution in [3.05, 3.63) is 70.0 Å². The number of halogens is 1. The topological polar surface area (TPSA) is 72.7 Å². The smallest absolute Gasteiger partial charge is 0.311 e. The Morgan fingerprint density at radius 1 is 1.12 bits per heavy atom. The van der Waals surface area contributed by atoms with Gasteiger partial charge in [-0.1, -0.05) is 30.3 Å². The lowest BCUT2D eigenvalue weighted by molar-refractivity contribution is -0.386. The predicted molar refractivity (Wildman–Crippen MR) is 93.3 cm³/mol. The Hall–Kier alpha value is -2.96. The number of rotatable bonds is 5. The van der Waals surface area contributed by atoms with Gasteiger partial charge in [0.2, 0.25) is 11.9 Å². The van der Waals surface area contributed by atoms with E-state index >= 15 is 0 Å². The number of ether oxygens (including phenoxy) is 1. The second kappa shape index (κ2) is 7.95. The molecule has 1 heterocycles. The highest BCUT2D eigenvalue weighted by Gasteiger charge is 2.31. The Morgan fingerprint density at radius 2 is 1.81 bits per heavy atom. The van der Waals surface area contributed by atoms with Crippen molar-refractivity contribution in [1.82, 2.24) is 4.90 Å². The first-order valence-electron chi connectivity index (χ1n) is 8.50. The van der Waals surface area contributed by atoms with E-state index < -0.39 is 16.8 Å². The molecule has 0 unspecified atom stereocenters. The van der Waals surface area contributed by atoms with Crippen molar-refractivity contribution in [2.45, 2.75) is 25.4 Å². The van der Waals surface area contributed by atoms with E-state index in [4.69, 9.17) is 4.74 Å². The lowest BCUT2D eigenvalue weighted by atomic mass is 10.1. The number of benzene rings is 2. The van der Waals surface area contributed by atoms with Gasteiger partial charge in [-0.3, -0.25) is 14.9 Å². The number of likely N-dealkylation sites (tertiary alicyclic amines) is 1. The minimum absolute atomic E-state index is 0.255. The highest BCUT2D eigenvalue weighted by molar-refractivity contribution is 5.83. The maximum atomic E-state index is 13.6. The Balaban J connectivity index is 1.95. The van der Waals surface area contributed by atoms with Gasteiger partial charge >= 0.3 is 5.69 Å². The molecule has 1 aliphatic rings. The number of carbonyl (C=O) groups excluding carboxylic acids is 1. The fourth-order valence-corrected chi connectivity index (χ4v) is 3.03. The first-order chi connectivity index (χ1) is 12.6. The van der Waals surface area contributed by atoms with Gasteiger partial charge in [-0.2, -0.15) is 0 Å². The van der Waals surface area contributed by atoms with Gasteiger partial charge < -0.3 is 9.64 Å². The number of nitrogens with zero attached hydrogens (tertiary/aromatic N) is 2. The quantitative estimate of drug-likeness (QED) is 0.601. The van der Waals surface area contributed by atoms with Gasteiger partial charge in [-0.15, -0.1) is 0 Å². The van der Waals surface area contributed by atoms with Crippen molar-refractivity contribution < 1.29 is 18.8 Å². The van der Waals surface area contributed by atoms with Crippen LogP contribution in [0.3, 0.4) is 0 Å². The Kier molecular flexibility index (Phi) is 5.46. The number of amides is 1. The Morgan fingerprint density at radius 3 is 2.46 bits per heavy atom. The van der Waals surface area contributed by atoms with Crippen molar-refractivity contribution >= 4 is 11.6 Å². The molecule has 2 aromatic rings. The molecule has 1 saturated heterocycles. The summed E-state index contributed by atoms with van der Waals surface area (Å²) in [4.78, 5) is 25.3. The minimum Gasteiger partial charge on any atom is -0.468 e. The van der Waals surface area contributed by atoms with Crippen LogP contribution in [0.15, 0.2) is 48.5 Å². The van der Waals surface area contributed by atoms with E-state index in [2.05, 4.69) is 0 Å². The van der Waals surface area contributed by atoms with Crippen LogP contribution in [0.4, 0.5) is 10.1 Å². The molecule has 136 valence electrons. The third kappa shape index (κ3) is 3.99. The van der Waals surface area contributed by atoms with E-state index in [-0.39, 0.29) is 17.3 Å². The van der Waals surface area contributed by atoms with Crippen molar-refractivity contribution in [1.29, 1.82) is 0 Å². The highest BCUT2D eigenvalue weighted by atomic mass is 19.1. The zero-order chi connectivity index (χ0) is 18.5. The molecular formula is C19H19FN2O4. The zero-order valence-corrected chi connectivity index (χ0v) is 14.1. The van der Waals surface area contributed by atoms with E-state index in [1.165, 1.54) is 0 Å². The summed E-state index contributed by atoms with van der Waals surface area (Å²) >= 11 is 0. The number of hydrogen-bond donors (Lipinski definition) is 0. The molecule has 1 amide bonds. The maximum Gasteiger partial charge on any atom is 0.311 e. The molecule has 0 N–H and O–H groups in total. The first kappa shape index (κ1) is 17.8. The molecule has 0 aromatic heterocycles. The van der Waals surface area contributed by atoms with Gasteiger partial charge in [0.05, 0.1) is 4.92 Å². The molecule has 3 rings (SSSR count). The Bertz CT molecular complexity index is 791. The fraction of sp³-hybridized carbons (Fsp3) is 0.316. The number of nitro benzene ring substituents is 1. The van der Waals surface area contributed by atoms with Crippen molar-refractivity contribution in [3.8, 4) is 5.75 Å². The van der Waals surface area contributed by atoms with Gasteiger partial charge in [0.25, 0.3) is 5.91 Å². The summed E-state index contributed by atoms with van der Waals surface area (Å²) in [6.45, 7) is 1.24. The number of hydrogen-bond acceptors (Lipinski definition) is 4. The second-order valence-corrected chi connectivity index (χ2v) is 6.16. The third-order valence-corrected chi connectivity index (χ3v) is 4.36. The zero-order valence-electron chi connectivity index (χ0n) is 14.1. The molecular weight excluding hydrogens is 339 g/mol. The molecule has 7 heteroatoms. The van der Waals surface area contributed by atoms with Crippen LogP contribution in [-0.2, 0) is 4.79 Å². The average Bonchev–Trinajstić information content (AvgIpc) is 2.67. The van der Waals surface area contributed by atoms with Crippen molar-refractivity contribution in [2.75, 3.05) is 13.1 Å². The van der Waals surface area contributed by atoms with Crippen LogP contribution in [0.1, 0.15) is 30.9 Å².